The highest BCUT2D eigenvalue weighted by Crippen LogP contribution is 2.51. The smallest absolute Gasteiger partial charge is 0.0474 e. The monoisotopic (exact) mass is 416 g/mol. The average Bonchev–Trinajstić information content (AvgIpc) is 3.21. The van der Waals surface area contributed by atoms with E-state index >= 15 is 0 Å². The van der Waals surface area contributed by atoms with Gasteiger partial charge in [0.2, 0.25) is 0 Å². The van der Waals surface area contributed by atoms with Gasteiger partial charge >= 0.3 is 0 Å². The van der Waals surface area contributed by atoms with Gasteiger partial charge in [0, 0.05) is 40.3 Å². The molecule has 0 saturated carbocycles. The minimum atomic E-state index is 0.416. The van der Waals surface area contributed by atoms with Crippen molar-refractivity contribution in [3.63, 3.8) is 0 Å². The van der Waals surface area contributed by atoms with Gasteiger partial charge in [-0.2, -0.15) is 0 Å². The summed E-state index contributed by atoms with van der Waals surface area (Å²) in [6, 6.07) is 26.9. The summed E-state index contributed by atoms with van der Waals surface area (Å²) < 4.78 is 0. The van der Waals surface area contributed by atoms with E-state index in [1.165, 1.54) is 40.2 Å². The molecule has 1 heterocycles. The molecular weight excluding hydrogens is 388 g/mol. The molecule has 3 aromatic carbocycles. The Morgan fingerprint density at radius 3 is 2.47 bits per heavy atom. The number of para-hydroxylation sites is 1. The number of allylic oxidation sites excluding steroid dienone is 5. The summed E-state index contributed by atoms with van der Waals surface area (Å²) in [5, 5.41) is 3.74. The Bertz CT molecular complexity index is 1200. The van der Waals surface area contributed by atoms with Gasteiger partial charge in [0.25, 0.3) is 0 Å². The summed E-state index contributed by atoms with van der Waals surface area (Å²) in [6.07, 6.45) is 16.2. The maximum absolute atomic E-state index is 3.74. The Balaban J connectivity index is 1.35. The van der Waals surface area contributed by atoms with E-state index in [-0.39, 0.29) is 0 Å². The van der Waals surface area contributed by atoms with Crippen molar-refractivity contribution in [2.75, 3.05) is 10.2 Å². The van der Waals surface area contributed by atoms with Crippen LogP contribution < -0.4 is 10.2 Å². The lowest BCUT2D eigenvalue weighted by Gasteiger charge is -2.31. The first kappa shape index (κ1) is 19.2. The van der Waals surface area contributed by atoms with Crippen LogP contribution in [0.15, 0.2) is 103 Å². The van der Waals surface area contributed by atoms with E-state index in [0.717, 1.165) is 24.9 Å². The number of anilines is 4. The SMILES string of the molecule is C1=CC(c2ccc(Nc3cccc4c3C3C=CCCC3N4c3ccccc3)cc2)=CCC1. The molecule has 2 heteroatoms. The molecule has 2 atom stereocenters. The Labute approximate surface area is 190 Å². The van der Waals surface area contributed by atoms with Crippen LogP contribution in [0.25, 0.3) is 5.57 Å². The fourth-order valence-corrected chi connectivity index (χ4v) is 5.45. The largest absolute Gasteiger partial charge is 0.355 e. The van der Waals surface area contributed by atoms with Crippen molar-refractivity contribution in [3.8, 4) is 0 Å². The molecule has 0 radical (unpaired) electrons. The van der Waals surface area contributed by atoms with Crippen molar-refractivity contribution in [3.05, 3.63) is 114 Å². The standard InChI is InChI=1S/C30H28N2/c1-3-10-22(11-4-1)23-18-20-24(21-19-23)31-27-15-9-17-29-30(27)26-14-7-8-16-28(26)32(29)25-12-5-2-6-13-25/h2-3,5-7,9-15,17-21,26,28,31H,1,4,8,16H2. The first-order chi connectivity index (χ1) is 15.9. The molecule has 1 aliphatic heterocycles. The molecular formula is C30H28N2. The first-order valence-electron chi connectivity index (χ1n) is 11.8. The maximum atomic E-state index is 3.74. The van der Waals surface area contributed by atoms with Gasteiger partial charge in [0.1, 0.15) is 0 Å². The molecule has 6 rings (SSSR count). The number of nitrogens with one attached hydrogen (secondary N) is 1. The van der Waals surface area contributed by atoms with Crippen molar-refractivity contribution in [1.29, 1.82) is 0 Å². The van der Waals surface area contributed by atoms with Gasteiger partial charge in [0.05, 0.1) is 0 Å². The summed E-state index contributed by atoms with van der Waals surface area (Å²) >= 11 is 0. The van der Waals surface area contributed by atoms with E-state index in [4.69, 9.17) is 0 Å². The number of rotatable bonds is 4. The van der Waals surface area contributed by atoms with Gasteiger partial charge in [-0.3, -0.25) is 0 Å². The van der Waals surface area contributed by atoms with Crippen LogP contribution in [0.3, 0.4) is 0 Å². The molecule has 158 valence electrons. The quantitative estimate of drug-likeness (QED) is 0.432. The van der Waals surface area contributed by atoms with E-state index in [9.17, 15) is 0 Å². The van der Waals surface area contributed by atoms with Crippen molar-refractivity contribution in [1.82, 2.24) is 0 Å². The average molecular weight is 417 g/mol. The Hall–Kier alpha value is -3.52. The fourth-order valence-electron chi connectivity index (χ4n) is 5.45. The van der Waals surface area contributed by atoms with Crippen molar-refractivity contribution < 1.29 is 0 Å². The van der Waals surface area contributed by atoms with Gasteiger partial charge in [-0.05, 0) is 73.2 Å². The van der Waals surface area contributed by atoms with E-state index < -0.39 is 0 Å². The minimum Gasteiger partial charge on any atom is -0.355 e. The zero-order chi connectivity index (χ0) is 21.3. The van der Waals surface area contributed by atoms with E-state index in [1.54, 1.807) is 0 Å². The van der Waals surface area contributed by atoms with E-state index in [0.29, 0.717) is 12.0 Å². The molecule has 2 nitrogen and oxygen atoms in total. The van der Waals surface area contributed by atoms with Crippen LogP contribution in [-0.2, 0) is 0 Å². The van der Waals surface area contributed by atoms with Crippen LogP contribution in [0.4, 0.5) is 22.7 Å². The van der Waals surface area contributed by atoms with Crippen LogP contribution in [0.2, 0.25) is 0 Å². The number of benzene rings is 3. The second kappa shape index (κ2) is 8.20. The molecule has 2 unspecified atom stereocenters. The minimum absolute atomic E-state index is 0.416. The molecule has 0 saturated heterocycles. The predicted octanol–water partition coefficient (Wildman–Crippen LogP) is 8.12. The topological polar surface area (TPSA) is 15.3 Å². The summed E-state index contributed by atoms with van der Waals surface area (Å²) in [6.45, 7) is 0. The second-order valence-corrected chi connectivity index (χ2v) is 8.88. The fraction of sp³-hybridized carbons (Fsp3) is 0.200. The van der Waals surface area contributed by atoms with E-state index in [2.05, 4.69) is 113 Å². The highest BCUT2D eigenvalue weighted by atomic mass is 15.2. The number of fused-ring (bicyclic) bond motifs is 3. The Morgan fingerprint density at radius 1 is 0.781 bits per heavy atom. The van der Waals surface area contributed by atoms with Gasteiger partial charge in [-0.1, -0.05) is 66.8 Å². The number of nitrogens with zero attached hydrogens (tertiary/aromatic N) is 1. The zero-order valence-electron chi connectivity index (χ0n) is 18.2. The molecule has 3 aliphatic rings. The highest BCUT2D eigenvalue weighted by Gasteiger charge is 2.40. The third-order valence-corrected chi connectivity index (χ3v) is 6.92. The van der Waals surface area contributed by atoms with Crippen LogP contribution in [0, 0.1) is 0 Å². The molecule has 0 amide bonds. The molecule has 2 aliphatic carbocycles. The Morgan fingerprint density at radius 2 is 1.66 bits per heavy atom. The molecule has 3 aromatic rings. The van der Waals surface area contributed by atoms with Gasteiger partial charge in [-0.15, -0.1) is 0 Å². The summed E-state index contributed by atoms with van der Waals surface area (Å²) in [4.78, 5) is 2.56. The zero-order valence-corrected chi connectivity index (χ0v) is 18.2. The molecule has 32 heavy (non-hydrogen) atoms. The van der Waals surface area contributed by atoms with Crippen LogP contribution >= 0.6 is 0 Å². The molecule has 0 aromatic heterocycles. The number of hydrogen-bond donors (Lipinski definition) is 1. The predicted molar refractivity (Wildman–Crippen MR) is 136 cm³/mol. The molecule has 0 fully saturated rings. The van der Waals surface area contributed by atoms with Crippen LogP contribution in [0.1, 0.15) is 42.7 Å². The maximum Gasteiger partial charge on any atom is 0.0474 e. The lowest BCUT2D eigenvalue weighted by molar-refractivity contribution is 0.566. The molecule has 0 bridgehead atoms. The van der Waals surface area contributed by atoms with Crippen molar-refractivity contribution in [2.45, 2.75) is 37.6 Å². The normalized spacial score (nSPS) is 21.1. The highest BCUT2D eigenvalue weighted by molar-refractivity contribution is 5.82. The molecule has 1 N–H and O–H groups in total. The van der Waals surface area contributed by atoms with Gasteiger partial charge in [-0.25, -0.2) is 0 Å². The third kappa shape index (κ3) is 3.36. The number of hydrogen-bond acceptors (Lipinski definition) is 2. The van der Waals surface area contributed by atoms with Gasteiger partial charge < -0.3 is 10.2 Å². The lowest BCUT2D eigenvalue weighted by Crippen LogP contribution is -2.30. The third-order valence-electron chi connectivity index (χ3n) is 6.92. The van der Waals surface area contributed by atoms with Crippen molar-refractivity contribution in [2.24, 2.45) is 0 Å². The second-order valence-electron chi connectivity index (χ2n) is 8.88. The van der Waals surface area contributed by atoms with Gasteiger partial charge in [0.15, 0.2) is 0 Å². The summed E-state index contributed by atoms with van der Waals surface area (Å²) in [7, 11) is 0. The lowest BCUT2D eigenvalue weighted by atomic mass is 9.86. The Kier molecular flexibility index (Phi) is 4.92. The van der Waals surface area contributed by atoms with Crippen LogP contribution in [-0.4, -0.2) is 6.04 Å². The summed E-state index contributed by atoms with van der Waals surface area (Å²) in [5.74, 6) is 0.416. The van der Waals surface area contributed by atoms with Crippen molar-refractivity contribution >= 4 is 28.3 Å². The van der Waals surface area contributed by atoms with E-state index in [1.807, 2.05) is 0 Å². The molecule has 0 spiro atoms. The van der Waals surface area contributed by atoms with Crippen LogP contribution in [0.5, 0.6) is 0 Å². The first-order valence-corrected chi connectivity index (χ1v) is 11.8. The summed E-state index contributed by atoms with van der Waals surface area (Å²) in [5.41, 5.74) is 9.00.